The van der Waals surface area contributed by atoms with Crippen LogP contribution in [0, 0.1) is 0 Å². The highest BCUT2D eigenvalue weighted by Gasteiger charge is 2.18. The summed E-state index contributed by atoms with van der Waals surface area (Å²) in [7, 11) is 0. The zero-order valence-electron chi connectivity index (χ0n) is 11.7. The van der Waals surface area contributed by atoms with Crippen LogP contribution in [-0.2, 0) is 6.54 Å². The minimum absolute atomic E-state index is 0.564. The van der Waals surface area contributed by atoms with Gasteiger partial charge in [0, 0.05) is 25.1 Å². The average molecular weight is 265 g/mol. The number of benzene rings is 1. The second-order valence-corrected chi connectivity index (χ2v) is 5.25. The Morgan fingerprint density at radius 3 is 2.89 bits per heavy atom. The first-order chi connectivity index (χ1) is 9.12. The minimum atomic E-state index is -0.664. The maximum absolute atomic E-state index is 9.97. The van der Waals surface area contributed by atoms with Gasteiger partial charge in [-0.25, -0.2) is 0 Å². The molecule has 106 valence electrons. The minimum Gasteiger partial charge on any atom is -0.490 e. The van der Waals surface area contributed by atoms with E-state index in [0.717, 1.165) is 29.9 Å². The second-order valence-electron chi connectivity index (χ2n) is 5.25. The van der Waals surface area contributed by atoms with E-state index in [1.165, 1.54) is 0 Å². The van der Waals surface area contributed by atoms with Crippen molar-refractivity contribution in [2.75, 3.05) is 19.8 Å². The molecule has 2 rings (SSSR count). The maximum atomic E-state index is 9.97. The summed E-state index contributed by atoms with van der Waals surface area (Å²) in [4.78, 5) is 0. The van der Waals surface area contributed by atoms with E-state index in [0.29, 0.717) is 26.3 Å². The summed E-state index contributed by atoms with van der Waals surface area (Å²) in [6.45, 7) is 6.44. The van der Waals surface area contributed by atoms with E-state index in [1.54, 1.807) is 0 Å². The monoisotopic (exact) mass is 265 g/mol. The fourth-order valence-electron chi connectivity index (χ4n) is 1.98. The first-order valence-electron chi connectivity index (χ1n) is 6.93. The van der Waals surface area contributed by atoms with E-state index in [2.05, 4.69) is 5.32 Å². The number of para-hydroxylation sites is 1. The van der Waals surface area contributed by atoms with E-state index in [1.807, 2.05) is 32.0 Å². The Balaban J connectivity index is 2.01. The summed E-state index contributed by atoms with van der Waals surface area (Å²) in [6.07, 6.45) is 1.64. The Morgan fingerprint density at radius 2 is 2.11 bits per heavy atom. The van der Waals surface area contributed by atoms with Crippen molar-refractivity contribution in [3.63, 3.8) is 0 Å². The van der Waals surface area contributed by atoms with Crippen LogP contribution in [-0.4, -0.2) is 30.5 Å². The molecule has 0 saturated carbocycles. The van der Waals surface area contributed by atoms with Crippen LogP contribution in [0.1, 0.15) is 32.3 Å². The fraction of sp³-hybridized carbons (Fsp3) is 0.600. The lowest BCUT2D eigenvalue weighted by Crippen LogP contribution is -2.36. The molecule has 0 radical (unpaired) electrons. The smallest absolute Gasteiger partial charge is 0.165 e. The van der Waals surface area contributed by atoms with Gasteiger partial charge in [-0.3, -0.25) is 0 Å². The Hall–Kier alpha value is -1.26. The van der Waals surface area contributed by atoms with Gasteiger partial charge in [0.1, 0.15) is 0 Å². The van der Waals surface area contributed by atoms with Gasteiger partial charge in [0.2, 0.25) is 0 Å². The zero-order valence-corrected chi connectivity index (χ0v) is 11.7. The molecule has 0 spiro atoms. The molecule has 1 unspecified atom stereocenters. The van der Waals surface area contributed by atoms with E-state index >= 15 is 0 Å². The summed E-state index contributed by atoms with van der Waals surface area (Å²) >= 11 is 0. The van der Waals surface area contributed by atoms with Crippen molar-refractivity contribution in [1.82, 2.24) is 5.32 Å². The third-order valence-electron chi connectivity index (χ3n) is 3.44. The molecule has 1 aliphatic heterocycles. The first-order valence-corrected chi connectivity index (χ1v) is 6.93. The molecule has 0 amide bonds. The van der Waals surface area contributed by atoms with Crippen LogP contribution < -0.4 is 14.8 Å². The molecule has 0 fully saturated rings. The van der Waals surface area contributed by atoms with Gasteiger partial charge in [-0.15, -0.1) is 0 Å². The van der Waals surface area contributed by atoms with Crippen molar-refractivity contribution in [3.05, 3.63) is 23.8 Å². The quantitative estimate of drug-likeness (QED) is 0.856. The number of rotatable bonds is 5. The Labute approximate surface area is 114 Å². The second kappa shape index (κ2) is 6.26. The predicted octanol–water partition coefficient (Wildman–Crippen LogP) is 2.10. The molecular formula is C15H23NO3. The molecule has 1 atom stereocenters. The topological polar surface area (TPSA) is 50.7 Å². The summed E-state index contributed by atoms with van der Waals surface area (Å²) in [5.74, 6) is 1.66. The Morgan fingerprint density at radius 1 is 1.32 bits per heavy atom. The molecule has 19 heavy (non-hydrogen) atoms. The molecule has 1 aromatic rings. The number of hydrogen-bond acceptors (Lipinski definition) is 4. The number of fused-ring (bicyclic) bond motifs is 1. The number of nitrogens with one attached hydrogen (secondary N) is 1. The van der Waals surface area contributed by atoms with Crippen LogP contribution in [0.4, 0.5) is 0 Å². The van der Waals surface area contributed by atoms with Gasteiger partial charge in [-0.1, -0.05) is 19.1 Å². The lowest BCUT2D eigenvalue weighted by molar-refractivity contribution is 0.0555. The van der Waals surface area contributed by atoms with Gasteiger partial charge in [-0.2, -0.15) is 0 Å². The van der Waals surface area contributed by atoms with Crippen molar-refractivity contribution in [1.29, 1.82) is 0 Å². The van der Waals surface area contributed by atoms with Gasteiger partial charge < -0.3 is 19.9 Å². The van der Waals surface area contributed by atoms with Crippen molar-refractivity contribution in [2.45, 2.75) is 38.8 Å². The highest BCUT2D eigenvalue weighted by atomic mass is 16.5. The lowest BCUT2D eigenvalue weighted by Gasteiger charge is -2.22. The van der Waals surface area contributed by atoms with E-state index in [-0.39, 0.29) is 0 Å². The van der Waals surface area contributed by atoms with Crippen LogP contribution in [0.2, 0.25) is 0 Å². The highest BCUT2D eigenvalue weighted by molar-refractivity contribution is 5.47. The number of hydrogen-bond donors (Lipinski definition) is 2. The van der Waals surface area contributed by atoms with Crippen molar-refractivity contribution < 1.29 is 14.6 Å². The summed E-state index contributed by atoms with van der Waals surface area (Å²) in [5.41, 5.74) is 0.412. The Kier molecular flexibility index (Phi) is 4.66. The molecular weight excluding hydrogens is 242 g/mol. The van der Waals surface area contributed by atoms with Gasteiger partial charge in [0.15, 0.2) is 11.5 Å². The molecule has 1 aliphatic rings. The van der Waals surface area contributed by atoms with Crippen molar-refractivity contribution >= 4 is 0 Å². The van der Waals surface area contributed by atoms with Gasteiger partial charge >= 0.3 is 0 Å². The number of ether oxygens (including phenoxy) is 2. The molecule has 0 bridgehead atoms. The third-order valence-corrected chi connectivity index (χ3v) is 3.44. The fourth-order valence-corrected chi connectivity index (χ4v) is 1.98. The van der Waals surface area contributed by atoms with Crippen LogP contribution >= 0.6 is 0 Å². The van der Waals surface area contributed by atoms with Crippen LogP contribution in [0.25, 0.3) is 0 Å². The van der Waals surface area contributed by atoms with Crippen molar-refractivity contribution in [2.24, 2.45) is 0 Å². The number of aliphatic hydroxyl groups is 1. The first kappa shape index (κ1) is 14.2. The molecule has 4 nitrogen and oxygen atoms in total. The predicted molar refractivity (Wildman–Crippen MR) is 74.7 cm³/mol. The van der Waals surface area contributed by atoms with Crippen molar-refractivity contribution in [3.8, 4) is 11.5 Å². The van der Waals surface area contributed by atoms with Crippen LogP contribution in [0.15, 0.2) is 18.2 Å². The molecule has 2 N–H and O–H groups in total. The van der Waals surface area contributed by atoms with Crippen LogP contribution in [0.5, 0.6) is 11.5 Å². The van der Waals surface area contributed by atoms with Gasteiger partial charge in [0.25, 0.3) is 0 Å². The molecule has 4 heteroatoms. The molecule has 1 heterocycles. The van der Waals surface area contributed by atoms with E-state index < -0.39 is 5.60 Å². The summed E-state index contributed by atoms with van der Waals surface area (Å²) < 4.78 is 11.4. The largest absolute Gasteiger partial charge is 0.490 e. The third kappa shape index (κ3) is 3.85. The van der Waals surface area contributed by atoms with Crippen LogP contribution in [0.3, 0.4) is 0 Å². The molecule has 0 aliphatic carbocycles. The summed E-state index contributed by atoms with van der Waals surface area (Å²) in [5, 5.41) is 13.2. The normalized spacial score (nSPS) is 17.6. The zero-order chi connectivity index (χ0) is 13.7. The van der Waals surface area contributed by atoms with Gasteiger partial charge in [-0.05, 0) is 19.4 Å². The van der Waals surface area contributed by atoms with E-state index in [4.69, 9.17) is 9.47 Å². The SMILES string of the molecule is CCC(C)(O)CNCc1cccc2c1OCCCO2. The Bertz CT molecular complexity index is 418. The average Bonchev–Trinajstić information content (AvgIpc) is 2.64. The highest BCUT2D eigenvalue weighted by Crippen LogP contribution is 2.33. The summed E-state index contributed by atoms with van der Waals surface area (Å²) in [6, 6.07) is 5.94. The van der Waals surface area contributed by atoms with Gasteiger partial charge in [0.05, 0.1) is 18.8 Å². The molecule has 0 saturated heterocycles. The maximum Gasteiger partial charge on any atom is 0.165 e. The molecule has 1 aromatic carbocycles. The molecule has 0 aromatic heterocycles. The van der Waals surface area contributed by atoms with E-state index in [9.17, 15) is 5.11 Å². The lowest BCUT2D eigenvalue weighted by atomic mass is 10.0. The standard InChI is InChI=1S/C15H23NO3/c1-3-15(2,17)11-16-10-12-6-4-7-13-14(12)19-9-5-8-18-13/h4,6-7,16-17H,3,5,8-11H2,1-2H3.